The van der Waals surface area contributed by atoms with Crippen LogP contribution in [0.2, 0.25) is 5.02 Å². The quantitative estimate of drug-likeness (QED) is 0.897. The maximum atomic E-state index is 9.77. The number of phenolic OH excluding ortho intramolecular Hbond substituents is 1. The molecule has 2 rings (SSSR count). The van der Waals surface area contributed by atoms with Gasteiger partial charge in [0.2, 0.25) is 0 Å². The van der Waals surface area contributed by atoms with Crippen molar-refractivity contribution in [2.24, 2.45) is 0 Å². The number of phenols is 1. The first-order valence-corrected chi connectivity index (χ1v) is 7.31. The third-order valence-corrected chi connectivity index (χ3v) is 4.46. The van der Waals surface area contributed by atoms with E-state index in [4.69, 9.17) is 11.6 Å². The summed E-state index contributed by atoms with van der Waals surface area (Å²) in [7, 11) is 0. The standard InChI is InChI=1S/C14H17ClN2OS/c1-8(14-9(2)17-10(3)19-14)16-7-11-6-12(15)4-5-13(11)18/h4-6,8,16,18H,7H2,1-3H3. The third-order valence-electron chi connectivity index (χ3n) is 2.97. The molecule has 0 saturated heterocycles. The molecule has 0 amide bonds. The summed E-state index contributed by atoms with van der Waals surface area (Å²) in [4.78, 5) is 5.66. The molecular weight excluding hydrogens is 280 g/mol. The van der Waals surface area contributed by atoms with Crippen LogP contribution in [0.3, 0.4) is 0 Å². The number of halogens is 1. The normalized spacial score (nSPS) is 12.6. The van der Waals surface area contributed by atoms with Crippen LogP contribution in [-0.2, 0) is 6.54 Å². The minimum atomic E-state index is 0.199. The Balaban J connectivity index is 2.06. The molecule has 102 valence electrons. The van der Waals surface area contributed by atoms with Crippen molar-refractivity contribution in [3.8, 4) is 5.75 Å². The van der Waals surface area contributed by atoms with E-state index in [2.05, 4.69) is 17.2 Å². The zero-order valence-corrected chi connectivity index (χ0v) is 12.8. The number of rotatable bonds is 4. The molecular formula is C14H17ClN2OS. The molecule has 1 aromatic carbocycles. The minimum Gasteiger partial charge on any atom is -0.508 e. The van der Waals surface area contributed by atoms with Crippen molar-refractivity contribution in [3.63, 3.8) is 0 Å². The zero-order chi connectivity index (χ0) is 14.0. The number of thiazole rings is 1. The Morgan fingerprint density at radius 1 is 1.42 bits per heavy atom. The molecule has 1 heterocycles. The second kappa shape index (κ2) is 5.90. The van der Waals surface area contributed by atoms with E-state index in [0.29, 0.717) is 11.6 Å². The second-order valence-corrected chi connectivity index (χ2v) is 6.23. The van der Waals surface area contributed by atoms with E-state index in [9.17, 15) is 5.11 Å². The predicted molar refractivity (Wildman–Crippen MR) is 80.0 cm³/mol. The highest BCUT2D eigenvalue weighted by molar-refractivity contribution is 7.11. The Morgan fingerprint density at radius 2 is 2.16 bits per heavy atom. The molecule has 0 fully saturated rings. The van der Waals surface area contributed by atoms with Crippen LogP contribution >= 0.6 is 22.9 Å². The topological polar surface area (TPSA) is 45.2 Å². The first-order chi connectivity index (χ1) is 8.97. The van der Waals surface area contributed by atoms with Gasteiger partial charge in [0.1, 0.15) is 5.75 Å². The Kier molecular flexibility index (Phi) is 4.45. The van der Waals surface area contributed by atoms with Crippen molar-refractivity contribution < 1.29 is 5.11 Å². The summed E-state index contributed by atoms with van der Waals surface area (Å²) in [5.41, 5.74) is 1.87. The summed E-state index contributed by atoms with van der Waals surface area (Å²) in [6, 6.07) is 5.28. The highest BCUT2D eigenvalue weighted by Gasteiger charge is 2.13. The van der Waals surface area contributed by atoms with Gasteiger partial charge in [-0.25, -0.2) is 4.98 Å². The molecule has 0 aliphatic carbocycles. The zero-order valence-electron chi connectivity index (χ0n) is 11.2. The summed E-state index contributed by atoms with van der Waals surface area (Å²) >= 11 is 7.63. The highest BCUT2D eigenvalue weighted by atomic mass is 35.5. The summed E-state index contributed by atoms with van der Waals surface area (Å²) in [6.45, 7) is 6.70. The lowest BCUT2D eigenvalue weighted by molar-refractivity contribution is 0.460. The van der Waals surface area contributed by atoms with Gasteiger partial charge in [0.25, 0.3) is 0 Å². The number of hydrogen-bond donors (Lipinski definition) is 2. The van der Waals surface area contributed by atoms with Crippen molar-refractivity contribution >= 4 is 22.9 Å². The van der Waals surface area contributed by atoms with Gasteiger partial charge in [0.05, 0.1) is 10.7 Å². The van der Waals surface area contributed by atoms with Gasteiger partial charge in [-0.15, -0.1) is 11.3 Å². The predicted octanol–water partition coefficient (Wildman–Crippen LogP) is 3.97. The van der Waals surface area contributed by atoms with Gasteiger partial charge < -0.3 is 10.4 Å². The Labute approximate surface area is 122 Å². The third kappa shape index (κ3) is 3.47. The molecule has 0 radical (unpaired) electrons. The molecule has 2 N–H and O–H groups in total. The van der Waals surface area contributed by atoms with Gasteiger partial charge in [-0.1, -0.05) is 11.6 Å². The van der Waals surface area contributed by atoms with E-state index < -0.39 is 0 Å². The molecule has 0 bridgehead atoms. The molecule has 5 heteroatoms. The number of aryl methyl sites for hydroxylation is 2. The number of aromatic hydroxyl groups is 1. The van der Waals surface area contributed by atoms with Crippen LogP contribution in [-0.4, -0.2) is 10.1 Å². The van der Waals surface area contributed by atoms with E-state index >= 15 is 0 Å². The summed E-state index contributed by atoms with van der Waals surface area (Å²) in [6.07, 6.45) is 0. The number of nitrogens with one attached hydrogen (secondary N) is 1. The van der Waals surface area contributed by atoms with E-state index in [1.54, 1.807) is 29.5 Å². The fraction of sp³-hybridized carbons (Fsp3) is 0.357. The molecule has 1 aromatic heterocycles. The maximum Gasteiger partial charge on any atom is 0.120 e. The minimum absolute atomic E-state index is 0.199. The summed E-state index contributed by atoms with van der Waals surface area (Å²) in [5, 5.41) is 14.9. The van der Waals surface area contributed by atoms with Crippen LogP contribution in [0, 0.1) is 13.8 Å². The first kappa shape index (κ1) is 14.3. The van der Waals surface area contributed by atoms with Crippen LogP contribution in [0.15, 0.2) is 18.2 Å². The molecule has 0 aliphatic rings. The molecule has 0 aliphatic heterocycles. The summed E-state index contributed by atoms with van der Waals surface area (Å²) in [5.74, 6) is 0.265. The van der Waals surface area contributed by atoms with Gasteiger partial charge in [0.15, 0.2) is 0 Å². The second-order valence-electron chi connectivity index (χ2n) is 4.56. The largest absolute Gasteiger partial charge is 0.508 e. The maximum absolute atomic E-state index is 9.77. The smallest absolute Gasteiger partial charge is 0.120 e. The van der Waals surface area contributed by atoms with Crippen molar-refractivity contribution in [1.29, 1.82) is 0 Å². The van der Waals surface area contributed by atoms with E-state index in [1.165, 1.54) is 4.88 Å². The van der Waals surface area contributed by atoms with Crippen LogP contribution < -0.4 is 5.32 Å². The first-order valence-electron chi connectivity index (χ1n) is 6.12. The van der Waals surface area contributed by atoms with Crippen molar-refractivity contribution in [3.05, 3.63) is 44.4 Å². The Morgan fingerprint density at radius 3 is 2.79 bits per heavy atom. The monoisotopic (exact) mass is 296 g/mol. The Bertz CT molecular complexity index is 583. The molecule has 2 aromatic rings. The number of aromatic nitrogens is 1. The molecule has 0 saturated carbocycles. The fourth-order valence-corrected chi connectivity index (χ4v) is 3.15. The van der Waals surface area contributed by atoms with Crippen LogP contribution in [0.5, 0.6) is 5.75 Å². The number of hydrogen-bond acceptors (Lipinski definition) is 4. The van der Waals surface area contributed by atoms with Crippen LogP contribution in [0.1, 0.15) is 34.1 Å². The average molecular weight is 297 g/mol. The SMILES string of the molecule is Cc1nc(C)c(C(C)NCc2cc(Cl)ccc2O)s1. The highest BCUT2D eigenvalue weighted by Crippen LogP contribution is 2.26. The van der Waals surface area contributed by atoms with Crippen LogP contribution in [0.25, 0.3) is 0 Å². The molecule has 1 unspecified atom stereocenters. The van der Waals surface area contributed by atoms with Gasteiger partial charge in [-0.3, -0.25) is 0 Å². The lowest BCUT2D eigenvalue weighted by Crippen LogP contribution is -2.18. The Hall–Kier alpha value is -1.10. The van der Waals surface area contributed by atoms with Crippen molar-refractivity contribution in [1.82, 2.24) is 10.3 Å². The van der Waals surface area contributed by atoms with Gasteiger partial charge in [-0.2, -0.15) is 0 Å². The lowest BCUT2D eigenvalue weighted by Gasteiger charge is -2.13. The summed E-state index contributed by atoms with van der Waals surface area (Å²) < 4.78 is 0. The average Bonchev–Trinajstić information content (AvgIpc) is 2.69. The van der Waals surface area contributed by atoms with Crippen LogP contribution in [0.4, 0.5) is 0 Å². The van der Waals surface area contributed by atoms with E-state index in [0.717, 1.165) is 16.3 Å². The number of nitrogens with zero attached hydrogens (tertiary/aromatic N) is 1. The molecule has 3 nitrogen and oxygen atoms in total. The molecule has 19 heavy (non-hydrogen) atoms. The van der Waals surface area contributed by atoms with Gasteiger partial charge >= 0.3 is 0 Å². The molecule has 1 atom stereocenters. The molecule has 0 spiro atoms. The van der Waals surface area contributed by atoms with E-state index in [-0.39, 0.29) is 11.8 Å². The van der Waals surface area contributed by atoms with Crippen molar-refractivity contribution in [2.75, 3.05) is 0 Å². The lowest BCUT2D eigenvalue weighted by atomic mass is 10.1. The fourth-order valence-electron chi connectivity index (χ4n) is 2.00. The van der Waals surface area contributed by atoms with E-state index in [1.807, 2.05) is 13.8 Å². The van der Waals surface area contributed by atoms with Gasteiger partial charge in [-0.05, 0) is 39.0 Å². The van der Waals surface area contributed by atoms with Gasteiger partial charge in [0, 0.05) is 28.0 Å². The number of benzene rings is 1. The van der Waals surface area contributed by atoms with Crippen molar-refractivity contribution in [2.45, 2.75) is 33.4 Å².